The predicted octanol–water partition coefficient (Wildman–Crippen LogP) is 2.68. The Labute approximate surface area is 115 Å². The number of nitrogens with zero attached hydrogens (tertiary/aromatic N) is 2. The topological polar surface area (TPSA) is 39.1 Å². The van der Waals surface area contributed by atoms with Crippen LogP contribution >= 0.6 is 15.9 Å². The molecule has 3 nitrogen and oxygen atoms in total. The van der Waals surface area contributed by atoms with E-state index >= 15 is 0 Å². The van der Waals surface area contributed by atoms with E-state index in [2.05, 4.69) is 50.4 Å². The first kappa shape index (κ1) is 11.5. The number of rotatable bonds is 1. The van der Waals surface area contributed by atoms with Crippen LogP contribution in [0.2, 0.25) is 0 Å². The Kier molecular flexibility index (Phi) is 2.94. The van der Waals surface area contributed by atoms with E-state index in [-0.39, 0.29) is 6.04 Å². The van der Waals surface area contributed by atoms with Crippen molar-refractivity contribution in [1.82, 2.24) is 10.2 Å². The van der Waals surface area contributed by atoms with Gasteiger partial charge in [-0.2, -0.15) is 5.26 Å². The largest absolute Gasteiger partial charge is 0.350 e. The number of allylic oxidation sites excluding steroid dienone is 2. The maximum Gasteiger partial charge on any atom is 0.0992 e. The summed E-state index contributed by atoms with van der Waals surface area (Å²) in [6.07, 6.45) is 6.44. The van der Waals surface area contributed by atoms with Crippen molar-refractivity contribution in [2.24, 2.45) is 0 Å². The highest BCUT2D eigenvalue weighted by Crippen LogP contribution is 2.34. The van der Waals surface area contributed by atoms with Gasteiger partial charge in [0.05, 0.1) is 24.3 Å². The molecule has 1 saturated heterocycles. The molecule has 0 spiro atoms. The fraction of sp³-hybridized carbons (Fsp3) is 0.214. The average molecular weight is 302 g/mol. The first-order valence-electron chi connectivity index (χ1n) is 5.84. The summed E-state index contributed by atoms with van der Waals surface area (Å²) >= 11 is 3.57. The molecule has 2 aliphatic rings. The fourth-order valence-corrected chi connectivity index (χ4v) is 3.04. The van der Waals surface area contributed by atoms with E-state index in [1.54, 1.807) is 0 Å². The van der Waals surface area contributed by atoms with Crippen molar-refractivity contribution in [3.05, 3.63) is 57.7 Å². The third kappa shape index (κ3) is 1.86. The molecule has 0 aromatic heterocycles. The van der Waals surface area contributed by atoms with Gasteiger partial charge in [-0.3, -0.25) is 5.32 Å². The Morgan fingerprint density at radius 2 is 2.33 bits per heavy atom. The lowest BCUT2D eigenvalue weighted by Gasteiger charge is -2.31. The molecule has 1 aromatic rings. The molecular formula is C14H12BrN3. The highest BCUT2D eigenvalue weighted by Gasteiger charge is 2.27. The average Bonchev–Trinajstić information content (AvgIpc) is 2.87. The second-order valence-electron chi connectivity index (χ2n) is 4.39. The van der Waals surface area contributed by atoms with E-state index in [0.717, 1.165) is 17.7 Å². The van der Waals surface area contributed by atoms with Crippen molar-refractivity contribution < 1.29 is 0 Å². The molecule has 2 heterocycles. The van der Waals surface area contributed by atoms with Crippen LogP contribution in [0.25, 0.3) is 0 Å². The van der Waals surface area contributed by atoms with Crippen LogP contribution in [0.5, 0.6) is 0 Å². The van der Waals surface area contributed by atoms with Crippen LogP contribution in [0, 0.1) is 11.3 Å². The van der Waals surface area contributed by atoms with Crippen LogP contribution in [-0.2, 0) is 0 Å². The Bertz CT molecular complexity index is 583. The summed E-state index contributed by atoms with van der Waals surface area (Å²) in [5, 5.41) is 12.3. The Morgan fingerprint density at radius 1 is 1.44 bits per heavy atom. The molecule has 18 heavy (non-hydrogen) atoms. The summed E-state index contributed by atoms with van der Waals surface area (Å²) in [6.45, 7) is 1.79. The van der Waals surface area contributed by atoms with Gasteiger partial charge in [0.15, 0.2) is 0 Å². The number of benzene rings is 1. The Morgan fingerprint density at radius 3 is 3.11 bits per heavy atom. The molecule has 0 amide bonds. The summed E-state index contributed by atoms with van der Waals surface area (Å²) in [5.41, 5.74) is 3.19. The molecule has 1 fully saturated rings. The third-order valence-corrected chi connectivity index (χ3v) is 4.01. The van der Waals surface area contributed by atoms with Crippen molar-refractivity contribution in [3.63, 3.8) is 0 Å². The van der Waals surface area contributed by atoms with Gasteiger partial charge in [-0.25, -0.2) is 0 Å². The minimum Gasteiger partial charge on any atom is -0.350 e. The molecule has 0 saturated carbocycles. The molecule has 1 atom stereocenters. The van der Waals surface area contributed by atoms with Crippen molar-refractivity contribution in [1.29, 1.82) is 5.26 Å². The summed E-state index contributed by atoms with van der Waals surface area (Å²) < 4.78 is 0.990. The zero-order valence-corrected chi connectivity index (χ0v) is 11.3. The number of hydrogen-bond donors (Lipinski definition) is 1. The van der Waals surface area contributed by atoms with Crippen molar-refractivity contribution in [2.45, 2.75) is 6.04 Å². The number of fused-ring (bicyclic) bond motifs is 1. The summed E-state index contributed by atoms with van der Waals surface area (Å²) in [6, 6.07) is 8.17. The predicted molar refractivity (Wildman–Crippen MR) is 73.5 cm³/mol. The lowest BCUT2D eigenvalue weighted by Crippen LogP contribution is -2.27. The van der Waals surface area contributed by atoms with E-state index < -0.39 is 0 Å². The smallest absolute Gasteiger partial charge is 0.0992 e. The maximum absolute atomic E-state index is 8.90. The van der Waals surface area contributed by atoms with Gasteiger partial charge in [0, 0.05) is 16.7 Å². The fourth-order valence-electron chi connectivity index (χ4n) is 2.42. The van der Waals surface area contributed by atoms with Gasteiger partial charge < -0.3 is 4.90 Å². The normalized spacial score (nSPS) is 21.4. The van der Waals surface area contributed by atoms with Crippen molar-refractivity contribution in [2.75, 3.05) is 13.2 Å². The van der Waals surface area contributed by atoms with Gasteiger partial charge in [-0.1, -0.05) is 34.1 Å². The SMILES string of the molecule is N#Cc1ccc(C2C=CC=C3CNCN32)c(Br)c1. The second-order valence-corrected chi connectivity index (χ2v) is 5.24. The molecule has 4 heteroatoms. The van der Waals surface area contributed by atoms with Crippen LogP contribution in [0.3, 0.4) is 0 Å². The zero-order valence-electron chi connectivity index (χ0n) is 9.73. The molecule has 1 aromatic carbocycles. The van der Waals surface area contributed by atoms with Crippen molar-refractivity contribution >= 4 is 15.9 Å². The first-order valence-corrected chi connectivity index (χ1v) is 6.63. The lowest BCUT2D eigenvalue weighted by molar-refractivity contribution is 0.325. The van der Waals surface area contributed by atoms with E-state index in [4.69, 9.17) is 5.26 Å². The van der Waals surface area contributed by atoms with Crippen molar-refractivity contribution in [3.8, 4) is 6.07 Å². The lowest BCUT2D eigenvalue weighted by atomic mass is 10.0. The molecule has 2 aliphatic heterocycles. The Balaban J connectivity index is 1.98. The molecule has 3 rings (SSSR count). The van der Waals surface area contributed by atoms with Gasteiger partial charge in [0.25, 0.3) is 0 Å². The number of halogens is 1. The van der Waals surface area contributed by atoms with Gasteiger partial charge >= 0.3 is 0 Å². The number of nitriles is 1. The quantitative estimate of drug-likeness (QED) is 0.867. The maximum atomic E-state index is 8.90. The summed E-state index contributed by atoms with van der Waals surface area (Å²) in [7, 11) is 0. The second kappa shape index (κ2) is 4.60. The van der Waals surface area contributed by atoms with Crippen LogP contribution in [-0.4, -0.2) is 18.1 Å². The summed E-state index contributed by atoms with van der Waals surface area (Å²) in [5.74, 6) is 0. The molecule has 0 bridgehead atoms. The van der Waals surface area contributed by atoms with Gasteiger partial charge in [0.2, 0.25) is 0 Å². The first-order chi connectivity index (χ1) is 8.79. The van der Waals surface area contributed by atoms with E-state index in [0.29, 0.717) is 5.56 Å². The molecule has 1 unspecified atom stereocenters. The molecule has 90 valence electrons. The monoisotopic (exact) mass is 301 g/mol. The molecule has 1 N–H and O–H groups in total. The molecule has 0 radical (unpaired) electrons. The highest BCUT2D eigenvalue weighted by molar-refractivity contribution is 9.10. The number of nitrogens with one attached hydrogen (secondary N) is 1. The molecular weight excluding hydrogens is 290 g/mol. The highest BCUT2D eigenvalue weighted by atomic mass is 79.9. The van der Waals surface area contributed by atoms with Crippen LogP contribution < -0.4 is 5.32 Å². The van der Waals surface area contributed by atoms with Gasteiger partial charge in [-0.05, 0) is 23.8 Å². The van der Waals surface area contributed by atoms with Crippen LogP contribution in [0.15, 0.2) is 46.6 Å². The van der Waals surface area contributed by atoms with Gasteiger partial charge in [0.1, 0.15) is 0 Å². The van der Waals surface area contributed by atoms with Crippen LogP contribution in [0.1, 0.15) is 17.2 Å². The van der Waals surface area contributed by atoms with E-state index in [1.807, 2.05) is 18.2 Å². The van der Waals surface area contributed by atoms with Gasteiger partial charge in [-0.15, -0.1) is 0 Å². The van der Waals surface area contributed by atoms with E-state index in [9.17, 15) is 0 Å². The Hall–Kier alpha value is -1.57. The summed E-state index contributed by atoms with van der Waals surface area (Å²) in [4.78, 5) is 2.34. The zero-order chi connectivity index (χ0) is 12.5. The number of hydrogen-bond acceptors (Lipinski definition) is 3. The molecule has 0 aliphatic carbocycles. The van der Waals surface area contributed by atoms with E-state index in [1.165, 1.54) is 11.3 Å². The third-order valence-electron chi connectivity index (χ3n) is 3.32. The van der Waals surface area contributed by atoms with Crippen LogP contribution in [0.4, 0.5) is 0 Å². The minimum atomic E-state index is 0.238. The minimum absolute atomic E-state index is 0.238. The standard InChI is InChI=1S/C14H12BrN3/c15-13-6-10(7-16)4-5-12(13)14-3-1-2-11-8-17-9-18(11)14/h1-6,14,17H,8-9H2.